The third-order valence-electron chi connectivity index (χ3n) is 4.87. The molecule has 28 heavy (non-hydrogen) atoms. The molecule has 0 unspecified atom stereocenters. The van der Waals surface area contributed by atoms with Gasteiger partial charge in [0.15, 0.2) is 5.82 Å². The summed E-state index contributed by atoms with van der Waals surface area (Å²) in [5.41, 5.74) is 4.16. The Morgan fingerprint density at radius 3 is 2.54 bits per heavy atom. The van der Waals surface area contributed by atoms with Gasteiger partial charge in [0.05, 0.1) is 6.20 Å². The molecule has 6 nitrogen and oxygen atoms in total. The maximum atomic E-state index is 6.09. The fourth-order valence-corrected chi connectivity index (χ4v) is 3.49. The van der Waals surface area contributed by atoms with Crippen molar-refractivity contribution in [3.05, 3.63) is 59.2 Å². The molecule has 2 heterocycles. The molecule has 0 amide bonds. The maximum absolute atomic E-state index is 6.09. The van der Waals surface area contributed by atoms with E-state index in [2.05, 4.69) is 55.0 Å². The van der Waals surface area contributed by atoms with Crippen LogP contribution in [0.2, 0.25) is 5.02 Å². The molecule has 0 aliphatic carbocycles. The highest BCUT2D eigenvalue weighted by Gasteiger charge is 2.11. The van der Waals surface area contributed by atoms with Crippen molar-refractivity contribution in [2.45, 2.75) is 26.2 Å². The molecule has 2 aromatic carbocycles. The second kappa shape index (κ2) is 8.44. The lowest BCUT2D eigenvalue weighted by Gasteiger charge is -2.28. The summed E-state index contributed by atoms with van der Waals surface area (Å²) in [6.45, 7) is 4.28. The Balaban J connectivity index is 1.45. The van der Waals surface area contributed by atoms with E-state index in [1.807, 2.05) is 25.1 Å². The third kappa shape index (κ3) is 4.51. The van der Waals surface area contributed by atoms with Gasteiger partial charge in [-0.2, -0.15) is 10.1 Å². The molecule has 1 saturated heterocycles. The molecular weight excluding hydrogens is 372 g/mol. The quantitative estimate of drug-likeness (QED) is 0.611. The van der Waals surface area contributed by atoms with Crippen LogP contribution in [0.5, 0.6) is 0 Å². The molecule has 144 valence electrons. The van der Waals surface area contributed by atoms with Gasteiger partial charge in [0.25, 0.3) is 0 Å². The summed E-state index contributed by atoms with van der Waals surface area (Å²) in [5, 5.41) is 15.3. The van der Waals surface area contributed by atoms with Crippen molar-refractivity contribution in [3.8, 4) is 0 Å². The molecule has 4 rings (SSSR count). The molecule has 1 fully saturated rings. The summed E-state index contributed by atoms with van der Waals surface area (Å²) in [5.74, 6) is 1.04. The maximum Gasteiger partial charge on any atom is 0.249 e. The number of halogens is 1. The van der Waals surface area contributed by atoms with E-state index in [-0.39, 0.29) is 0 Å². The molecular formula is C21H23ClN6. The topological polar surface area (TPSA) is 66.0 Å². The van der Waals surface area contributed by atoms with Crippen LogP contribution >= 0.6 is 11.6 Å². The number of benzene rings is 2. The largest absolute Gasteiger partial charge is 0.372 e. The number of aromatic nitrogens is 3. The lowest BCUT2D eigenvalue weighted by molar-refractivity contribution is 0.578. The number of hydrogen-bond acceptors (Lipinski definition) is 6. The fourth-order valence-electron chi connectivity index (χ4n) is 3.32. The van der Waals surface area contributed by atoms with E-state index >= 15 is 0 Å². The van der Waals surface area contributed by atoms with Gasteiger partial charge in [-0.15, -0.1) is 5.10 Å². The van der Waals surface area contributed by atoms with Gasteiger partial charge in [0.1, 0.15) is 0 Å². The summed E-state index contributed by atoms with van der Waals surface area (Å²) in [6, 6.07) is 14.1. The van der Waals surface area contributed by atoms with Crippen molar-refractivity contribution in [1.29, 1.82) is 0 Å². The molecule has 2 N–H and O–H groups in total. The van der Waals surface area contributed by atoms with E-state index < -0.39 is 0 Å². The second-order valence-electron chi connectivity index (χ2n) is 6.97. The first-order valence-electron chi connectivity index (χ1n) is 9.52. The highest BCUT2D eigenvalue weighted by molar-refractivity contribution is 6.30. The van der Waals surface area contributed by atoms with Crippen molar-refractivity contribution >= 4 is 40.4 Å². The van der Waals surface area contributed by atoms with Crippen LogP contribution in [0.25, 0.3) is 0 Å². The fraction of sp³-hybridized carbons (Fsp3) is 0.286. The monoisotopic (exact) mass is 394 g/mol. The average molecular weight is 395 g/mol. The average Bonchev–Trinajstić information content (AvgIpc) is 2.72. The summed E-state index contributed by atoms with van der Waals surface area (Å²) >= 11 is 6.09. The van der Waals surface area contributed by atoms with Crippen LogP contribution in [0.3, 0.4) is 0 Å². The first kappa shape index (κ1) is 18.5. The molecule has 0 saturated carbocycles. The predicted molar refractivity (Wildman–Crippen MR) is 115 cm³/mol. The molecule has 0 radical (unpaired) electrons. The number of piperidine rings is 1. The van der Waals surface area contributed by atoms with Gasteiger partial charge in [0, 0.05) is 35.2 Å². The summed E-state index contributed by atoms with van der Waals surface area (Å²) in [6.07, 6.45) is 5.46. The lowest BCUT2D eigenvalue weighted by atomic mass is 10.1. The Kier molecular flexibility index (Phi) is 5.58. The van der Waals surface area contributed by atoms with Crippen molar-refractivity contribution in [1.82, 2.24) is 15.2 Å². The number of hydrogen-bond donors (Lipinski definition) is 2. The van der Waals surface area contributed by atoms with Gasteiger partial charge in [-0.25, -0.2) is 0 Å². The smallest absolute Gasteiger partial charge is 0.249 e. The minimum Gasteiger partial charge on any atom is -0.372 e. The van der Waals surface area contributed by atoms with Crippen LogP contribution in [0, 0.1) is 6.92 Å². The van der Waals surface area contributed by atoms with Crippen LogP contribution in [-0.2, 0) is 0 Å². The van der Waals surface area contributed by atoms with E-state index in [1.165, 1.54) is 24.9 Å². The van der Waals surface area contributed by atoms with E-state index in [9.17, 15) is 0 Å². The Labute approximate surface area is 170 Å². The van der Waals surface area contributed by atoms with E-state index in [1.54, 1.807) is 6.20 Å². The summed E-state index contributed by atoms with van der Waals surface area (Å²) in [7, 11) is 0. The zero-order valence-electron chi connectivity index (χ0n) is 15.8. The Morgan fingerprint density at radius 1 is 0.964 bits per heavy atom. The van der Waals surface area contributed by atoms with E-state index in [0.717, 1.165) is 30.0 Å². The van der Waals surface area contributed by atoms with Crippen LogP contribution < -0.4 is 15.5 Å². The molecule has 7 heteroatoms. The zero-order chi connectivity index (χ0) is 19.3. The number of nitrogens with zero attached hydrogens (tertiary/aromatic N) is 4. The van der Waals surface area contributed by atoms with Crippen molar-refractivity contribution < 1.29 is 0 Å². The molecule has 0 spiro atoms. The normalized spacial score (nSPS) is 14.0. The molecule has 0 atom stereocenters. The minimum atomic E-state index is 0.440. The third-order valence-corrected chi connectivity index (χ3v) is 5.10. The molecule has 1 aliphatic heterocycles. The SMILES string of the molecule is Cc1ccc(Cl)cc1Nc1cnnc(Nc2ccc(N3CCCCC3)cc2)n1. The van der Waals surface area contributed by atoms with Crippen molar-refractivity contribution in [3.63, 3.8) is 0 Å². The molecule has 3 aromatic rings. The minimum absolute atomic E-state index is 0.440. The molecule has 0 bridgehead atoms. The summed E-state index contributed by atoms with van der Waals surface area (Å²) < 4.78 is 0. The Hall–Kier alpha value is -2.86. The van der Waals surface area contributed by atoms with Gasteiger partial charge in [-0.1, -0.05) is 17.7 Å². The highest BCUT2D eigenvalue weighted by Crippen LogP contribution is 2.25. The Bertz CT molecular complexity index is 938. The van der Waals surface area contributed by atoms with E-state index in [4.69, 9.17) is 11.6 Å². The standard InChI is InChI=1S/C21H23ClN6/c1-15-5-6-16(22)13-19(15)25-20-14-23-27-21(26-20)24-17-7-9-18(10-8-17)28-11-3-2-4-12-28/h5-10,13-14H,2-4,11-12H2,1H3,(H2,24,25,26,27). The second-order valence-corrected chi connectivity index (χ2v) is 7.41. The van der Waals surface area contributed by atoms with Crippen LogP contribution in [0.4, 0.5) is 28.8 Å². The first-order chi connectivity index (χ1) is 13.7. The number of rotatable bonds is 5. The van der Waals surface area contributed by atoms with Gasteiger partial charge in [-0.3, -0.25) is 0 Å². The van der Waals surface area contributed by atoms with Gasteiger partial charge >= 0.3 is 0 Å². The van der Waals surface area contributed by atoms with Gasteiger partial charge in [-0.05, 0) is 68.1 Å². The van der Waals surface area contributed by atoms with Crippen LogP contribution in [0.1, 0.15) is 24.8 Å². The lowest BCUT2D eigenvalue weighted by Crippen LogP contribution is -2.29. The van der Waals surface area contributed by atoms with Gasteiger partial charge < -0.3 is 15.5 Å². The zero-order valence-corrected chi connectivity index (χ0v) is 16.6. The van der Waals surface area contributed by atoms with Gasteiger partial charge in [0.2, 0.25) is 5.95 Å². The van der Waals surface area contributed by atoms with Crippen LogP contribution in [0.15, 0.2) is 48.7 Å². The predicted octanol–water partition coefficient (Wildman–Crippen LogP) is 5.31. The van der Waals surface area contributed by atoms with Crippen molar-refractivity contribution in [2.75, 3.05) is 28.6 Å². The molecule has 1 aliphatic rings. The Morgan fingerprint density at radius 2 is 1.75 bits per heavy atom. The number of aryl methyl sites for hydroxylation is 1. The first-order valence-corrected chi connectivity index (χ1v) is 9.90. The number of nitrogens with one attached hydrogen (secondary N) is 2. The highest BCUT2D eigenvalue weighted by atomic mass is 35.5. The van der Waals surface area contributed by atoms with Crippen LogP contribution in [-0.4, -0.2) is 28.3 Å². The number of anilines is 5. The molecule has 1 aromatic heterocycles. The summed E-state index contributed by atoms with van der Waals surface area (Å²) in [4.78, 5) is 6.93. The van der Waals surface area contributed by atoms with E-state index in [0.29, 0.717) is 16.8 Å². The van der Waals surface area contributed by atoms with Crippen molar-refractivity contribution in [2.24, 2.45) is 0 Å².